The number of carbonyl (C=O) groups is 1. The second kappa shape index (κ2) is 4.65. The van der Waals surface area contributed by atoms with Crippen molar-refractivity contribution < 1.29 is 4.79 Å². The molecule has 0 fully saturated rings. The molecule has 20 heavy (non-hydrogen) atoms. The fraction of sp³-hybridized carbons (Fsp3) is 0.471. The molecule has 1 amide bonds. The minimum atomic E-state index is -0.220. The average Bonchev–Trinajstić information content (AvgIpc) is 2.42. The molecule has 0 spiro atoms. The van der Waals surface area contributed by atoms with Gasteiger partial charge in [0.05, 0.1) is 11.4 Å². The van der Waals surface area contributed by atoms with Crippen LogP contribution in [0.1, 0.15) is 41.5 Å². The van der Waals surface area contributed by atoms with Crippen molar-refractivity contribution in [2.75, 3.05) is 10.6 Å². The van der Waals surface area contributed by atoms with Gasteiger partial charge in [0, 0.05) is 16.7 Å². The summed E-state index contributed by atoms with van der Waals surface area (Å²) in [6.45, 7) is 12.6. The number of para-hydroxylation sites is 2. The van der Waals surface area contributed by atoms with Gasteiger partial charge in [-0.3, -0.25) is 4.79 Å². The normalized spacial score (nSPS) is 16.2. The molecule has 0 radical (unpaired) electrons. The van der Waals surface area contributed by atoms with E-state index in [0.717, 1.165) is 22.6 Å². The average molecular weight is 272 g/mol. The summed E-state index contributed by atoms with van der Waals surface area (Å²) in [6, 6.07) is 7.82. The van der Waals surface area contributed by atoms with E-state index >= 15 is 0 Å². The molecule has 0 bridgehead atoms. The van der Waals surface area contributed by atoms with Crippen LogP contribution in [0.15, 0.2) is 35.5 Å². The molecule has 0 aliphatic carbocycles. The van der Waals surface area contributed by atoms with Crippen molar-refractivity contribution in [3.05, 3.63) is 35.5 Å². The number of fused-ring (bicyclic) bond motifs is 1. The van der Waals surface area contributed by atoms with Gasteiger partial charge in [0.2, 0.25) is 0 Å². The Morgan fingerprint density at radius 2 is 1.30 bits per heavy atom. The van der Waals surface area contributed by atoms with E-state index in [1.807, 2.05) is 24.3 Å². The summed E-state index contributed by atoms with van der Waals surface area (Å²) in [5.41, 5.74) is 3.25. The second-order valence-electron chi connectivity index (χ2n) is 7.37. The van der Waals surface area contributed by atoms with Gasteiger partial charge < -0.3 is 10.6 Å². The summed E-state index contributed by atoms with van der Waals surface area (Å²) in [5, 5.41) is 6.50. The molecule has 1 aliphatic heterocycles. The first-order valence-corrected chi connectivity index (χ1v) is 7.03. The smallest absolute Gasteiger partial charge is 0.253 e. The van der Waals surface area contributed by atoms with Crippen molar-refractivity contribution in [3.8, 4) is 0 Å². The van der Waals surface area contributed by atoms with E-state index < -0.39 is 0 Å². The maximum absolute atomic E-state index is 12.7. The third kappa shape index (κ3) is 2.72. The molecular weight excluding hydrogens is 248 g/mol. The Hall–Kier alpha value is -1.77. The van der Waals surface area contributed by atoms with Crippen molar-refractivity contribution in [3.63, 3.8) is 0 Å². The van der Waals surface area contributed by atoms with E-state index in [-0.39, 0.29) is 16.7 Å². The summed E-state index contributed by atoms with van der Waals surface area (Å²) in [6.07, 6.45) is 0. The molecule has 1 heterocycles. The van der Waals surface area contributed by atoms with Gasteiger partial charge in [-0.05, 0) is 17.5 Å². The van der Waals surface area contributed by atoms with Crippen LogP contribution in [-0.4, -0.2) is 5.91 Å². The van der Waals surface area contributed by atoms with Crippen molar-refractivity contribution in [2.45, 2.75) is 41.5 Å². The van der Waals surface area contributed by atoms with Crippen LogP contribution in [0.2, 0.25) is 0 Å². The van der Waals surface area contributed by atoms with Crippen LogP contribution < -0.4 is 10.6 Å². The van der Waals surface area contributed by atoms with Gasteiger partial charge in [-0.25, -0.2) is 0 Å². The summed E-state index contributed by atoms with van der Waals surface area (Å²) in [7, 11) is 0. The maximum Gasteiger partial charge on any atom is 0.253 e. The molecule has 0 aromatic heterocycles. The van der Waals surface area contributed by atoms with Crippen LogP contribution in [0.25, 0.3) is 0 Å². The number of rotatable bonds is 0. The molecule has 0 atom stereocenters. The summed E-state index contributed by atoms with van der Waals surface area (Å²) in [5.74, 6) is -0.0140. The summed E-state index contributed by atoms with van der Waals surface area (Å²) < 4.78 is 0. The minimum Gasteiger partial charge on any atom is -0.356 e. The lowest BCUT2D eigenvalue weighted by molar-refractivity contribution is -0.113. The molecule has 0 unspecified atom stereocenters. The SMILES string of the molecule is CC(C)(C)C1=C(C(C)(C)C)C(=O)Nc2ccccc2N1. The Labute approximate surface area is 121 Å². The molecule has 1 aliphatic rings. The van der Waals surface area contributed by atoms with Gasteiger partial charge in [-0.15, -0.1) is 0 Å². The fourth-order valence-electron chi connectivity index (χ4n) is 2.47. The number of nitrogens with one attached hydrogen (secondary N) is 2. The van der Waals surface area contributed by atoms with Crippen molar-refractivity contribution >= 4 is 17.3 Å². The van der Waals surface area contributed by atoms with Crippen LogP contribution >= 0.6 is 0 Å². The van der Waals surface area contributed by atoms with E-state index in [1.54, 1.807) is 0 Å². The van der Waals surface area contributed by atoms with Crippen LogP contribution in [0.4, 0.5) is 11.4 Å². The lowest BCUT2D eigenvalue weighted by atomic mass is 9.78. The van der Waals surface area contributed by atoms with Crippen molar-refractivity contribution in [1.82, 2.24) is 0 Å². The monoisotopic (exact) mass is 272 g/mol. The minimum absolute atomic E-state index is 0.0140. The van der Waals surface area contributed by atoms with E-state index in [4.69, 9.17) is 0 Å². The highest BCUT2D eigenvalue weighted by molar-refractivity contribution is 6.08. The van der Waals surface area contributed by atoms with Gasteiger partial charge in [0.1, 0.15) is 0 Å². The Morgan fingerprint density at radius 1 is 0.800 bits per heavy atom. The zero-order valence-electron chi connectivity index (χ0n) is 13.2. The third-order valence-corrected chi connectivity index (χ3v) is 3.41. The molecular formula is C17H24N2O. The molecule has 1 aromatic carbocycles. The zero-order valence-corrected chi connectivity index (χ0v) is 13.2. The number of amides is 1. The lowest BCUT2D eigenvalue weighted by Gasteiger charge is -2.31. The fourth-order valence-corrected chi connectivity index (χ4v) is 2.47. The highest BCUT2D eigenvalue weighted by Crippen LogP contribution is 2.40. The third-order valence-electron chi connectivity index (χ3n) is 3.41. The van der Waals surface area contributed by atoms with E-state index in [9.17, 15) is 4.79 Å². The molecule has 2 N–H and O–H groups in total. The first-order valence-electron chi connectivity index (χ1n) is 7.03. The summed E-state index contributed by atoms with van der Waals surface area (Å²) in [4.78, 5) is 12.7. The van der Waals surface area contributed by atoms with Crippen molar-refractivity contribution in [2.24, 2.45) is 10.8 Å². The van der Waals surface area contributed by atoms with Gasteiger partial charge in [-0.2, -0.15) is 0 Å². The van der Waals surface area contributed by atoms with Gasteiger partial charge in [0.15, 0.2) is 0 Å². The first-order chi connectivity index (χ1) is 9.10. The van der Waals surface area contributed by atoms with Crippen molar-refractivity contribution in [1.29, 1.82) is 0 Å². The summed E-state index contributed by atoms with van der Waals surface area (Å²) >= 11 is 0. The molecule has 3 nitrogen and oxygen atoms in total. The number of allylic oxidation sites excluding steroid dienone is 1. The number of carbonyl (C=O) groups excluding carboxylic acids is 1. The van der Waals surface area contributed by atoms with Gasteiger partial charge in [-0.1, -0.05) is 53.7 Å². The topological polar surface area (TPSA) is 41.1 Å². The van der Waals surface area contributed by atoms with E-state index in [2.05, 4.69) is 52.2 Å². The van der Waals surface area contributed by atoms with Gasteiger partial charge in [0.25, 0.3) is 5.91 Å². The van der Waals surface area contributed by atoms with Crippen LogP contribution in [0.3, 0.4) is 0 Å². The first kappa shape index (κ1) is 14.6. The Bertz CT molecular complexity index is 571. The largest absolute Gasteiger partial charge is 0.356 e. The lowest BCUT2D eigenvalue weighted by Crippen LogP contribution is -2.29. The Kier molecular flexibility index (Phi) is 3.41. The Balaban J connectivity index is 2.66. The predicted molar refractivity (Wildman–Crippen MR) is 84.6 cm³/mol. The number of anilines is 2. The highest BCUT2D eigenvalue weighted by atomic mass is 16.1. The predicted octanol–water partition coefficient (Wildman–Crippen LogP) is 4.40. The van der Waals surface area contributed by atoms with Crippen LogP contribution in [0.5, 0.6) is 0 Å². The zero-order chi connectivity index (χ0) is 15.1. The number of hydrogen-bond acceptors (Lipinski definition) is 2. The molecule has 3 heteroatoms. The maximum atomic E-state index is 12.7. The van der Waals surface area contributed by atoms with Gasteiger partial charge >= 0.3 is 0 Å². The Morgan fingerprint density at radius 3 is 1.75 bits per heavy atom. The van der Waals surface area contributed by atoms with Crippen LogP contribution in [-0.2, 0) is 4.79 Å². The molecule has 0 saturated heterocycles. The molecule has 2 rings (SSSR count). The number of benzene rings is 1. The quantitative estimate of drug-likeness (QED) is 0.735. The molecule has 0 saturated carbocycles. The van der Waals surface area contributed by atoms with Crippen LogP contribution in [0, 0.1) is 10.8 Å². The standard InChI is InChI=1S/C17H24N2O/c1-16(2,3)13-14(17(4,5)6)18-11-9-7-8-10-12(11)19-15(13)20/h7-10,18H,1-6H3,(H,19,20). The highest BCUT2D eigenvalue weighted by Gasteiger charge is 2.35. The molecule has 108 valence electrons. The second-order valence-corrected chi connectivity index (χ2v) is 7.37. The molecule has 1 aromatic rings. The van der Waals surface area contributed by atoms with E-state index in [0.29, 0.717) is 0 Å². The van der Waals surface area contributed by atoms with E-state index in [1.165, 1.54) is 0 Å². The number of hydrogen-bond donors (Lipinski definition) is 2.